The van der Waals surface area contributed by atoms with Gasteiger partial charge in [-0.25, -0.2) is 19.9 Å². The van der Waals surface area contributed by atoms with E-state index in [0.29, 0.717) is 40.2 Å². The Hall–Kier alpha value is -6.09. The highest BCUT2D eigenvalue weighted by molar-refractivity contribution is 6.11. The molecule has 236 valence electrons. The minimum Gasteiger partial charge on any atom is -0.345 e. The van der Waals surface area contributed by atoms with Gasteiger partial charge >= 0.3 is 0 Å². The number of benzene rings is 1. The summed E-state index contributed by atoms with van der Waals surface area (Å²) in [5.74, 6) is 2.58. The molecular weight excluding hydrogens is 604 g/mol. The highest BCUT2D eigenvalue weighted by atomic mass is 16.2. The fourth-order valence-corrected chi connectivity index (χ4v) is 7.44. The third kappa shape index (κ3) is 4.74. The molecule has 6 aromatic rings. The molecule has 0 radical (unpaired) electrons. The number of amides is 2. The molecule has 0 unspecified atom stereocenters. The van der Waals surface area contributed by atoms with Gasteiger partial charge in [0.15, 0.2) is 0 Å². The minimum atomic E-state index is -0.457. The molecule has 8 rings (SSSR count). The Balaban J connectivity index is 1.27. The monoisotopic (exact) mass is 634 g/mol. The van der Waals surface area contributed by atoms with Crippen molar-refractivity contribution < 1.29 is 9.59 Å². The van der Waals surface area contributed by atoms with Crippen molar-refractivity contribution in [2.75, 3.05) is 5.32 Å². The van der Waals surface area contributed by atoms with Crippen molar-refractivity contribution in [1.29, 1.82) is 0 Å². The van der Waals surface area contributed by atoms with E-state index in [1.54, 1.807) is 25.5 Å². The van der Waals surface area contributed by atoms with Crippen LogP contribution < -0.4 is 10.6 Å². The number of carbonyl (C=O) groups is 2. The summed E-state index contributed by atoms with van der Waals surface area (Å²) in [4.78, 5) is 57.8. The summed E-state index contributed by atoms with van der Waals surface area (Å²) >= 11 is 0. The molecule has 12 heteroatoms. The fraction of sp³-hybridized carbons (Fsp3) is 0.250. The highest BCUT2D eigenvalue weighted by Gasteiger charge is 2.57. The van der Waals surface area contributed by atoms with Gasteiger partial charge in [-0.1, -0.05) is 24.1 Å². The predicted octanol–water partition coefficient (Wildman–Crippen LogP) is 4.92. The summed E-state index contributed by atoms with van der Waals surface area (Å²) in [6.07, 6.45) is 19.4. The number of aromatic nitrogens is 8. The maximum absolute atomic E-state index is 13.4. The zero-order valence-corrected chi connectivity index (χ0v) is 26.4. The van der Waals surface area contributed by atoms with Crippen LogP contribution in [0.2, 0.25) is 0 Å². The number of rotatable bonds is 6. The summed E-state index contributed by atoms with van der Waals surface area (Å²) in [5, 5.41) is 7.80. The molecule has 48 heavy (non-hydrogen) atoms. The van der Waals surface area contributed by atoms with E-state index in [-0.39, 0.29) is 17.3 Å². The number of hydrogen-bond donors (Lipinski definition) is 2. The summed E-state index contributed by atoms with van der Waals surface area (Å²) in [6, 6.07) is 9.90. The van der Waals surface area contributed by atoms with Gasteiger partial charge in [0.1, 0.15) is 34.9 Å². The Morgan fingerprint density at radius 1 is 0.833 bits per heavy atom. The highest BCUT2D eigenvalue weighted by Crippen LogP contribution is 2.57. The molecule has 2 fully saturated rings. The summed E-state index contributed by atoms with van der Waals surface area (Å²) < 4.78 is 2.14. The van der Waals surface area contributed by atoms with Crippen LogP contribution in [0.3, 0.4) is 0 Å². The Morgan fingerprint density at radius 2 is 1.54 bits per heavy atom. The van der Waals surface area contributed by atoms with Gasteiger partial charge in [0, 0.05) is 46.2 Å². The van der Waals surface area contributed by atoms with Crippen LogP contribution in [0, 0.1) is 26.2 Å². The lowest BCUT2D eigenvalue weighted by Gasteiger charge is -2.30. The van der Waals surface area contributed by atoms with Crippen LogP contribution in [0.25, 0.3) is 33.1 Å². The van der Waals surface area contributed by atoms with Crippen molar-refractivity contribution >= 4 is 39.6 Å². The van der Waals surface area contributed by atoms with Gasteiger partial charge in [0.2, 0.25) is 0 Å². The van der Waals surface area contributed by atoms with E-state index < -0.39 is 17.0 Å². The second kappa shape index (κ2) is 11.0. The summed E-state index contributed by atoms with van der Waals surface area (Å²) in [5.41, 5.74) is 4.54. The number of anilines is 1. The number of nitrogens with one attached hydrogen (secondary N) is 2. The van der Waals surface area contributed by atoms with E-state index >= 15 is 0 Å². The molecule has 2 N–H and O–H groups in total. The quantitative estimate of drug-likeness (QED) is 0.243. The van der Waals surface area contributed by atoms with Crippen molar-refractivity contribution in [1.82, 2.24) is 44.8 Å². The van der Waals surface area contributed by atoms with Gasteiger partial charge in [-0.2, -0.15) is 0 Å². The number of terminal acetylenes is 1. The Bertz CT molecular complexity index is 2300. The van der Waals surface area contributed by atoms with E-state index in [0.717, 1.165) is 47.8 Å². The zero-order chi connectivity index (χ0) is 33.0. The van der Waals surface area contributed by atoms with Crippen LogP contribution in [0.4, 0.5) is 5.82 Å². The van der Waals surface area contributed by atoms with E-state index in [2.05, 4.69) is 46.0 Å². The number of carbonyl (C=O) groups excluding carboxylic acids is 2. The number of pyridine rings is 1. The molecule has 2 bridgehead atoms. The third-order valence-corrected chi connectivity index (χ3v) is 9.68. The van der Waals surface area contributed by atoms with E-state index in [1.807, 2.05) is 37.3 Å². The van der Waals surface area contributed by atoms with Gasteiger partial charge in [0.05, 0.1) is 34.7 Å². The van der Waals surface area contributed by atoms with Crippen LogP contribution in [-0.4, -0.2) is 56.8 Å². The number of nitrogens with zero attached hydrogens (tertiary/aromatic N) is 8. The average Bonchev–Trinajstić information content (AvgIpc) is 3.77. The number of hydrogen-bond acceptors (Lipinski definition) is 9. The number of aryl methyl sites for hydroxylation is 2. The van der Waals surface area contributed by atoms with Crippen LogP contribution in [0.15, 0.2) is 67.6 Å². The second-order valence-electron chi connectivity index (χ2n) is 12.7. The van der Waals surface area contributed by atoms with Gasteiger partial charge in [-0.05, 0) is 58.1 Å². The third-order valence-electron chi connectivity index (χ3n) is 9.68. The van der Waals surface area contributed by atoms with Crippen molar-refractivity contribution in [3.05, 3.63) is 96.1 Å². The van der Waals surface area contributed by atoms with E-state index in [9.17, 15) is 9.59 Å². The van der Waals surface area contributed by atoms with Crippen molar-refractivity contribution in [3.8, 4) is 23.5 Å². The van der Waals surface area contributed by atoms with Gasteiger partial charge in [-0.15, -0.1) is 6.42 Å². The molecule has 1 aromatic carbocycles. The molecule has 2 amide bonds. The molecular formula is C36H30N10O2. The summed E-state index contributed by atoms with van der Waals surface area (Å²) in [6.45, 7) is 3.64. The number of para-hydroxylation sites is 1. The molecule has 0 spiro atoms. The molecule has 5 heterocycles. The SMILES string of the molecule is C#Cc1c(-c2cnc3ccccc3c2)c2c(NC(=O)c3cnc(C)cn3)ncnc2n1C12CCC(NC(=O)c3cnc(C)cn3)(CC1)C2. The maximum atomic E-state index is 13.4. The Morgan fingerprint density at radius 3 is 2.23 bits per heavy atom. The van der Waals surface area contributed by atoms with Crippen molar-refractivity contribution in [2.45, 2.75) is 57.0 Å². The first-order chi connectivity index (χ1) is 23.3. The minimum absolute atomic E-state index is 0.155. The van der Waals surface area contributed by atoms with Gasteiger partial charge in [-0.3, -0.25) is 24.5 Å². The molecule has 5 aromatic heterocycles. The first-order valence-corrected chi connectivity index (χ1v) is 15.7. The van der Waals surface area contributed by atoms with Crippen LogP contribution >= 0.6 is 0 Å². The Kier molecular flexibility index (Phi) is 6.73. The molecule has 2 aliphatic rings. The average molecular weight is 635 g/mol. The van der Waals surface area contributed by atoms with Crippen LogP contribution in [0.5, 0.6) is 0 Å². The van der Waals surface area contributed by atoms with Gasteiger partial charge < -0.3 is 15.2 Å². The smallest absolute Gasteiger partial charge is 0.277 e. The lowest BCUT2D eigenvalue weighted by Crippen LogP contribution is -2.45. The number of fused-ring (bicyclic) bond motifs is 4. The standard InChI is InChI=1S/C36H30N10O2/c1-4-28-29(24-13-23-7-5-6-8-25(23)41-16-24)30-31(44-33(47)26-17-37-21(2)14-39-26)42-20-43-32(30)46(28)36-11-9-35(19-36,10-12-36)45-34(48)27-18-38-22(3)15-40-27/h1,5-8,13-18,20H,9-12,19H2,2-3H3,(H,45,48)(H,42,43,44,47). The Labute approximate surface area is 275 Å². The van der Waals surface area contributed by atoms with Crippen molar-refractivity contribution in [2.24, 2.45) is 0 Å². The first kappa shape index (κ1) is 29.3. The van der Waals surface area contributed by atoms with E-state index in [1.165, 1.54) is 18.7 Å². The fourth-order valence-electron chi connectivity index (χ4n) is 7.44. The van der Waals surface area contributed by atoms with Crippen molar-refractivity contribution in [3.63, 3.8) is 0 Å². The molecule has 2 saturated carbocycles. The lowest BCUT2D eigenvalue weighted by atomic mass is 9.90. The normalized spacial score (nSPS) is 19.8. The van der Waals surface area contributed by atoms with Crippen LogP contribution in [0.1, 0.15) is 70.2 Å². The molecule has 0 aliphatic heterocycles. The van der Waals surface area contributed by atoms with Crippen LogP contribution in [-0.2, 0) is 5.54 Å². The first-order valence-electron chi connectivity index (χ1n) is 15.7. The largest absolute Gasteiger partial charge is 0.345 e. The molecule has 2 aliphatic carbocycles. The molecule has 12 nitrogen and oxygen atoms in total. The predicted molar refractivity (Wildman–Crippen MR) is 179 cm³/mol. The maximum Gasteiger partial charge on any atom is 0.277 e. The summed E-state index contributed by atoms with van der Waals surface area (Å²) in [7, 11) is 0. The second-order valence-corrected chi connectivity index (χ2v) is 12.7. The molecule has 0 saturated heterocycles. The van der Waals surface area contributed by atoms with E-state index in [4.69, 9.17) is 16.4 Å². The molecule has 0 atom stereocenters. The zero-order valence-electron chi connectivity index (χ0n) is 26.4. The topological polar surface area (TPSA) is 153 Å². The van der Waals surface area contributed by atoms with Gasteiger partial charge in [0.25, 0.3) is 11.8 Å². The lowest BCUT2D eigenvalue weighted by molar-refractivity contribution is 0.0895.